The number of ether oxygens (including phenoxy) is 2. The molecule has 0 radical (unpaired) electrons. The number of aryl methyl sites for hydroxylation is 2. The van der Waals surface area contributed by atoms with E-state index in [4.69, 9.17) is 9.47 Å². The summed E-state index contributed by atoms with van der Waals surface area (Å²) >= 11 is 0. The van der Waals surface area contributed by atoms with Crippen molar-refractivity contribution in [1.82, 2.24) is 10.6 Å². The van der Waals surface area contributed by atoms with E-state index in [2.05, 4.69) is 28.8 Å². The summed E-state index contributed by atoms with van der Waals surface area (Å²) in [6.45, 7) is 5.52. The number of benzene rings is 2. The van der Waals surface area contributed by atoms with Gasteiger partial charge in [0.05, 0.1) is 12.6 Å². The highest BCUT2D eigenvalue weighted by Gasteiger charge is 2.17. The lowest BCUT2D eigenvalue weighted by molar-refractivity contribution is -0.121. The van der Waals surface area contributed by atoms with E-state index in [0.29, 0.717) is 13.2 Å². The van der Waals surface area contributed by atoms with Crippen molar-refractivity contribution in [3.8, 4) is 11.5 Å². The van der Waals surface area contributed by atoms with Crippen molar-refractivity contribution in [2.24, 2.45) is 0 Å². The van der Waals surface area contributed by atoms with Gasteiger partial charge in [-0.2, -0.15) is 0 Å². The molecule has 0 fully saturated rings. The Morgan fingerprint density at radius 1 is 0.897 bits per heavy atom. The molecule has 0 saturated carbocycles. The molecule has 1 aliphatic heterocycles. The molecule has 0 bridgehead atoms. The molecular formula is C24H30N2O3. The Bertz CT molecular complexity index is 880. The maximum atomic E-state index is 12.5. The fourth-order valence-electron chi connectivity index (χ4n) is 4.09. The minimum atomic E-state index is -0.000357. The quantitative estimate of drug-likeness (QED) is 0.781. The van der Waals surface area contributed by atoms with Crippen molar-refractivity contribution < 1.29 is 14.3 Å². The molecule has 1 heterocycles. The number of carbonyl (C=O) groups is 1. The third-order valence-corrected chi connectivity index (χ3v) is 5.89. The van der Waals surface area contributed by atoms with Gasteiger partial charge in [-0.15, -0.1) is 0 Å². The Morgan fingerprint density at radius 2 is 1.59 bits per heavy atom. The first-order valence-electron chi connectivity index (χ1n) is 10.6. The van der Waals surface area contributed by atoms with Crippen LogP contribution in [0.4, 0.5) is 0 Å². The zero-order valence-corrected chi connectivity index (χ0v) is 17.3. The molecular weight excluding hydrogens is 364 g/mol. The predicted octanol–water partition coefficient (Wildman–Crippen LogP) is 3.86. The summed E-state index contributed by atoms with van der Waals surface area (Å²) in [6, 6.07) is 12.6. The van der Waals surface area contributed by atoms with Crippen LogP contribution in [0.1, 0.15) is 61.0 Å². The second kappa shape index (κ2) is 8.87. The largest absolute Gasteiger partial charge is 0.486 e. The first kappa shape index (κ1) is 19.8. The van der Waals surface area contributed by atoms with Gasteiger partial charge in [0, 0.05) is 6.04 Å². The normalized spacial score (nSPS) is 17.2. The summed E-state index contributed by atoms with van der Waals surface area (Å²) in [6.07, 6.45) is 4.88. The Hall–Kier alpha value is -2.53. The van der Waals surface area contributed by atoms with Gasteiger partial charge in [0.2, 0.25) is 5.91 Å². The molecule has 2 aromatic rings. The molecule has 2 atom stereocenters. The van der Waals surface area contributed by atoms with E-state index in [1.807, 2.05) is 32.0 Å². The molecule has 2 unspecified atom stereocenters. The second-order valence-electron chi connectivity index (χ2n) is 8.03. The molecule has 0 spiro atoms. The van der Waals surface area contributed by atoms with Crippen molar-refractivity contribution in [1.29, 1.82) is 0 Å². The zero-order valence-electron chi connectivity index (χ0n) is 17.3. The minimum Gasteiger partial charge on any atom is -0.486 e. The van der Waals surface area contributed by atoms with Gasteiger partial charge in [0.25, 0.3) is 0 Å². The third kappa shape index (κ3) is 4.73. The third-order valence-electron chi connectivity index (χ3n) is 5.89. The molecule has 1 amide bonds. The van der Waals surface area contributed by atoms with Crippen LogP contribution in [0.2, 0.25) is 0 Å². The van der Waals surface area contributed by atoms with E-state index >= 15 is 0 Å². The second-order valence-corrected chi connectivity index (χ2v) is 8.03. The molecule has 154 valence electrons. The first-order valence-corrected chi connectivity index (χ1v) is 10.6. The van der Waals surface area contributed by atoms with E-state index in [1.165, 1.54) is 36.0 Å². The fourth-order valence-corrected chi connectivity index (χ4v) is 4.09. The zero-order chi connectivity index (χ0) is 20.2. The maximum Gasteiger partial charge on any atom is 0.234 e. The molecule has 2 aromatic carbocycles. The lowest BCUT2D eigenvalue weighted by atomic mass is 9.89. The van der Waals surface area contributed by atoms with Crippen molar-refractivity contribution in [2.45, 2.75) is 51.6 Å². The van der Waals surface area contributed by atoms with Gasteiger partial charge in [-0.1, -0.05) is 24.3 Å². The van der Waals surface area contributed by atoms with Crippen LogP contribution in [0.25, 0.3) is 0 Å². The molecule has 2 aliphatic rings. The van der Waals surface area contributed by atoms with Crippen molar-refractivity contribution in [3.63, 3.8) is 0 Å². The van der Waals surface area contributed by atoms with Crippen molar-refractivity contribution >= 4 is 5.91 Å². The highest BCUT2D eigenvalue weighted by atomic mass is 16.6. The Balaban J connectivity index is 1.30. The lowest BCUT2D eigenvalue weighted by Gasteiger charge is -2.22. The van der Waals surface area contributed by atoms with Crippen LogP contribution in [0, 0.1) is 0 Å². The molecule has 1 aliphatic carbocycles. The monoisotopic (exact) mass is 394 g/mol. The Labute approximate surface area is 172 Å². The summed E-state index contributed by atoms with van der Waals surface area (Å²) < 4.78 is 11.2. The van der Waals surface area contributed by atoms with E-state index in [0.717, 1.165) is 23.5 Å². The highest BCUT2D eigenvalue weighted by Crippen LogP contribution is 2.32. The Kier molecular flexibility index (Phi) is 6.05. The number of amides is 1. The van der Waals surface area contributed by atoms with Gasteiger partial charge in [-0.3, -0.25) is 4.79 Å². The molecule has 0 aromatic heterocycles. The molecule has 5 nitrogen and oxygen atoms in total. The number of nitrogens with one attached hydrogen (secondary N) is 2. The molecule has 5 heteroatoms. The van der Waals surface area contributed by atoms with E-state index in [1.54, 1.807) is 0 Å². The van der Waals surface area contributed by atoms with Crippen LogP contribution >= 0.6 is 0 Å². The number of rotatable bonds is 6. The van der Waals surface area contributed by atoms with Crippen LogP contribution in [0.3, 0.4) is 0 Å². The van der Waals surface area contributed by atoms with Crippen LogP contribution in [-0.2, 0) is 17.6 Å². The van der Waals surface area contributed by atoms with Gasteiger partial charge in [-0.05, 0) is 73.9 Å². The topological polar surface area (TPSA) is 59.6 Å². The van der Waals surface area contributed by atoms with Crippen molar-refractivity contribution in [2.75, 3.05) is 19.8 Å². The van der Waals surface area contributed by atoms with Crippen LogP contribution in [0.5, 0.6) is 11.5 Å². The summed E-state index contributed by atoms with van der Waals surface area (Å²) in [5.74, 6) is 1.55. The smallest absolute Gasteiger partial charge is 0.234 e. The minimum absolute atomic E-state index is 0.000357. The molecule has 2 N–H and O–H groups in total. The number of hydrogen-bond acceptors (Lipinski definition) is 4. The summed E-state index contributed by atoms with van der Waals surface area (Å²) in [5, 5.41) is 6.42. The summed E-state index contributed by atoms with van der Waals surface area (Å²) in [4.78, 5) is 12.5. The van der Waals surface area contributed by atoms with Crippen LogP contribution in [0.15, 0.2) is 36.4 Å². The molecule has 29 heavy (non-hydrogen) atoms. The van der Waals surface area contributed by atoms with E-state index in [9.17, 15) is 4.79 Å². The maximum absolute atomic E-state index is 12.5. The van der Waals surface area contributed by atoms with E-state index in [-0.39, 0.29) is 24.5 Å². The fraction of sp³-hybridized carbons (Fsp3) is 0.458. The number of hydrogen-bond donors (Lipinski definition) is 2. The first-order chi connectivity index (χ1) is 14.1. The van der Waals surface area contributed by atoms with Crippen LogP contribution < -0.4 is 20.1 Å². The van der Waals surface area contributed by atoms with Gasteiger partial charge < -0.3 is 20.1 Å². The standard InChI is InChI=1S/C24H30N2O3/c1-16(20-9-10-22-23(14-20)29-12-11-28-22)25-15-24(27)26-17(2)19-8-7-18-5-3-4-6-21(18)13-19/h7-10,13-14,16-17,25H,3-6,11-12,15H2,1-2H3,(H,26,27). The average molecular weight is 395 g/mol. The predicted molar refractivity (Wildman–Crippen MR) is 113 cm³/mol. The highest BCUT2D eigenvalue weighted by molar-refractivity contribution is 5.78. The molecule has 0 saturated heterocycles. The average Bonchev–Trinajstić information content (AvgIpc) is 2.76. The van der Waals surface area contributed by atoms with Crippen LogP contribution in [-0.4, -0.2) is 25.7 Å². The molecule has 4 rings (SSSR count). The SMILES string of the molecule is CC(NCC(=O)NC(C)c1ccc2c(c1)CCCC2)c1ccc2c(c1)OCCO2. The summed E-state index contributed by atoms with van der Waals surface area (Å²) in [5.41, 5.74) is 5.16. The van der Waals surface area contributed by atoms with E-state index < -0.39 is 0 Å². The summed E-state index contributed by atoms with van der Waals surface area (Å²) in [7, 11) is 0. The van der Waals surface area contributed by atoms with Gasteiger partial charge in [-0.25, -0.2) is 0 Å². The Morgan fingerprint density at radius 3 is 2.41 bits per heavy atom. The van der Waals surface area contributed by atoms with Crippen molar-refractivity contribution in [3.05, 3.63) is 58.7 Å². The number of fused-ring (bicyclic) bond motifs is 2. The van der Waals surface area contributed by atoms with Gasteiger partial charge >= 0.3 is 0 Å². The lowest BCUT2D eigenvalue weighted by Crippen LogP contribution is -2.36. The van der Waals surface area contributed by atoms with Gasteiger partial charge in [0.15, 0.2) is 11.5 Å². The van der Waals surface area contributed by atoms with Gasteiger partial charge in [0.1, 0.15) is 13.2 Å². The number of carbonyl (C=O) groups excluding carboxylic acids is 1.